The topological polar surface area (TPSA) is 78.9 Å². The van der Waals surface area contributed by atoms with Crippen molar-refractivity contribution >= 4 is 12.1 Å². The molecule has 6 nitrogen and oxygen atoms in total. The van der Waals surface area contributed by atoms with Crippen molar-refractivity contribution in [1.29, 1.82) is 0 Å². The average Bonchev–Trinajstić information content (AvgIpc) is 2.90. The average molecular weight is 352 g/mol. The summed E-state index contributed by atoms with van der Waals surface area (Å²) < 4.78 is 18.3. The van der Waals surface area contributed by atoms with Crippen LogP contribution in [0.25, 0.3) is 0 Å². The van der Waals surface area contributed by atoms with E-state index in [4.69, 9.17) is 4.74 Å². The van der Waals surface area contributed by atoms with E-state index in [2.05, 4.69) is 5.32 Å². The van der Waals surface area contributed by atoms with Gasteiger partial charge >= 0.3 is 12.1 Å². The van der Waals surface area contributed by atoms with Gasteiger partial charge in [-0.25, -0.2) is 14.0 Å². The van der Waals surface area contributed by atoms with Gasteiger partial charge in [-0.3, -0.25) is 4.90 Å². The molecule has 1 aromatic rings. The van der Waals surface area contributed by atoms with E-state index in [0.717, 1.165) is 5.56 Å². The number of carbonyl (C=O) groups is 2. The summed E-state index contributed by atoms with van der Waals surface area (Å²) in [5.41, 5.74) is 0.205. The number of halogens is 1. The smallest absolute Gasteiger partial charge is 0.411 e. The van der Waals surface area contributed by atoms with E-state index in [-0.39, 0.29) is 24.4 Å². The zero-order valence-corrected chi connectivity index (χ0v) is 15.0. The number of hydrogen-bond donors (Lipinski definition) is 2. The largest absolute Gasteiger partial charge is 0.480 e. The highest BCUT2D eigenvalue weighted by Crippen LogP contribution is 2.24. The number of carboxylic acids is 1. The SMILES string of the molecule is C[C@H](NC1C[C@@H](C(=O)O)N(C(=O)OC(C)(C)C)C1)c1ccc(F)cc1. The molecule has 1 aliphatic rings. The number of rotatable bonds is 4. The monoisotopic (exact) mass is 352 g/mol. The van der Waals surface area contributed by atoms with Crippen molar-refractivity contribution in [2.75, 3.05) is 6.54 Å². The Morgan fingerprint density at radius 1 is 1.32 bits per heavy atom. The number of hydrogen-bond acceptors (Lipinski definition) is 4. The van der Waals surface area contributed by atoms with Crippen LogP contribution in [-0.4, -0.2) is 46.3 Å². The van der Waals surface area contributed by atoms with E-state index in [0.29, 0.717) is 6.42 Å². The number of benzene rings is 1. The van der Waals surface area contributed by atoms with Gasteiger partial charge in [0, 0.05) is 18.6 Å². The third-order valence-corrected chi connectivity index (χ3v) is 4.07. The Morgan fingerprint density at radius 2 is 1.92 bits per heavy atom. The molecule has 1 aliphatic heterocycles. The summed E-state index contributed by atoms with van der Waals surface area (Å²) in [5, 5.41) is 12.7. The molecule has 7 heteroatoms. The molecule has 0 radical (unpaired) electrons. The molecular weight excluding hydrogens is 327 g/mol. The van der Waals surface area contributed by atoms with E-state index in [1.54, 1.807) is 32.9 Å². The highest BCUT2D eigenvalue weighted by molar-refractivity contribution is 5.81. The van der Waals surface area contributed by atoms with Gasteiger partial charge in [-0.2, -0.15) is 0 Å². The Kier molecular flexibility index (Phi) is 5.67. The Bertz CT molecular complexity index is 627. The Labute approximate surface area is 147 Å². The first kappa shape index (κ1) is 19.2. The van der Waals surface area contributed by atoms with Crippen molar-refractivity contribution < 1.29 is 23.8 Å². The number of likely N-dealkylation sites (tertiary alicyclic amines) is 1. The van der Waals surface area contributed by atoms with Gasteiger partial charge < -0.3 is 15.2 Å². The lowest BCUT2D eigenvalue weighted by molar-refractivity contribution is -0.142. The van der Waals surface area contributed by atoms with Crippen LogP contribution < -0.4 is 5.32 Å². The van der Waals surface area contributed by atoms with Gasteiger partial charge in [-0.15, -0.1) is 0 Å². The molecule has 0 bridgehead atoms. The lowest BCUT2D eigenvalue weighted by atomic mass is 10.1. The van der Waals surface area contributed by atoms with Gasteiger partial charge in [0.05, 0.1) is 0 Å². The summed E-state index contributed by atoms with van der Waals surface area (Å²) in [4.78, 5) is 25.0. The number of ether oxygens (including phenoxy) is 1. The summed E-state index contributed by atoms with van der Waals surface area (Å²) in [5.74, 6) is -1.36. The molecule has 0 aromatic heterocycles. The molecule has 138 valence electrons. The van der Waals surface area contributed by atoms with E-state index in [9.17, 15) is 19.1 Å². The lowest BCUT2D eigenvalue weighted by Crippen LogP contribution is -2.44. The van der Waals surface area contributed by atoms with Crippen molar-refractivity contribution in [2.45, 2.75) is 57.8 Å². The Morgan fingerprint density at radius 3 is 2.44 bits per heavy atom. The van der Waals surface area contributed by atoms with Crippen LogP contribution >= 0.6 is 0 Å². The Balaban J connectivity index is 2.04. The van der Waals surface area contributed by atoms with Gasteiger partial charge in [0.1, 0.15) is 17.5 Å². The van der Waals surface area contributed by atoms with E-state index < -0.39 is 23.7 Å². The summed E-state index contributed by atoms with van der Waals surface area (Å²) >= 11 is 0. The fourth-order valence-corrected chi connectivity index (χ4v) is 2.91. The van der Waals surface area contributed by atoms with Gasteiger partial charge in [0.25, 0.3) is 0 Å². The molecule has 2 N–H and O–H groups in total. The van der Waals surface area contributed by atoms with Crippen LogP contribution in [0.1, 0.15) is 45.7 Å². The third-order valence-electron chi connectivity index (χ3n) is 4.07. The van der Waals surface area contributed by atoms with Crippen LogP contribution in [0.15, 0.2) is 24.3 Å². The molecule has 0 saturated carbocycles. The second-order valence-corrected chi connectivity index (χ2v) is 7.36. The first-order valence-electron chi connectivity index (χ1n) is 8.31. The van der Waals surface area contributed by atoms with Gasteiger partial charge in [0.2, 0.25) is 0 Å². The minimum absolute atomic E-state index is 0.0985. The number of amides is 1. The molecule has 0 spiro atoms. The molecule has 1 aromatic carbocycles. The highest BCUT2D eigenvalue weighted by atomic mass is 19.1. The molecule has 1 heterocycles. The maximum Gasteiger partial charge on any atom is 0.411 e. The molecule has 3 atom stereocenters. The zero-order chi connectivity index (χ0) is 18.8. The second-order valence-electron chi connectivity index (χ2n) is 7.36. The minimum atomic E-state index is -1.05. The maximum atomic E-state index is 13.0. The third kappa shape index (κ3) is 5.16. The van der Waals surface area contributed by atoms with Crippen molar-refractivity contribution in [2.24, 2.45) is 0 Å². The fourth-order valence-electron chi connectivity index (χ4n) is 2.91. The van der Waals surface area contributed by atoms with Gasteiger partial charge in [-0.05, 0) is 51.8 Å². The number of carboxylic acid groups (broad SMARTS) is 1. The fraction of sp³-hybridized carbons (Fsp3) is 0.556. The predicted octanol–water partition coefficient (Wildman–Crippen LogP) is 2.94. The maximum absolute atomic E-state index is 13.0. The number of nitrogens with zero attached hydrogens (tertiary/aromatic N) is 1. The quantitative estimate of drug-likeness (QED) is 0.871. The van der Waals surface area contributed by atoms with Crippen LogP contribution in [0.2, 0.25) is 0 Å². The second kappa shape index (κ2) is 7.39. The minimum Gasteiger partial charge on any atom is -0.480 e. The normalized spacial score (nSPS) is 21.9. The molecule has 1 fully saturated rings. The van der Waals surface area contributed by atoms with Crippen LogP contribution in [0.5, 0.6) is 0 Å². The highest BCUT2D eigenvalue weighted by Gasteiger charge is 2.41. The van der Waals surface area contributed by atoms with E-state index >= 15 is 0 Å². The van der Waals surface area contributed by atoms with Crippen molar-refractivity contribution in [3.05, 3.63) is 35.6 Å². The summed E-state index contributed by atoms with van der Waals surface area (Å²) in [6.45, 7) is 7.38. The number of nitrogens with one attached hydrogen (secondary N) is 1. The molecule has 1 amide bonds. The van der Waals surface area contributed by atoms with E-state index in [1.165, 1.54) is 17.0 Å². The molecular formula is C18H25FN2O4. The molecule has 1 saturated heterocycles. The van der Waals surface area contributed by atoms with E-state index in [1.807, 2.05) is 6.92 Å². The number of aliphatic carboxylic acids is 1. The Hall–Kier alpha value is -2.15. The molecule has 2 rings (SSSR count). The van der Waals surface area contributed by atoms with Crippen LogP contribution in [0.3, 0.4) is 0 Å². The predicted molar refractivity (Wildman–Crippen MR) is 90.7 cm³/mol. The summed E-state index contributed by atoms with van der Waals surface area (Å²) in [6.07, 6.45) is -0.334. The zero-order valence-electron chi connectivity index (χ0n) is 15.0. The van der Waals surface area contributed by atoms with Crippen LogP contribution in [0.4, 0.5) is 9.18 Å². The standard InChI is InChI=1S/C18H25FN2O4/c1-11(12-5-7-13(19)8-6-12)20-14-9-15(16(22)23)21(10-14)17(24)25-18(2,3)4/h5-8,11,14-15,20H,9-10H2,1-4H3,(H,22,23)/t11-,14?,15-/m0/s1. The van der Waals surface area contributed by atoms with Crippen molar-refractivity contribution in [1.82, 2.24) is 10.2 Å². The first-order valence-corrected chi connectivity index (χ1v) is 8.31. The summed E-state index contributed by atoms with van der Waals surface area (Å²) in [6, 6.07) is 4.93. The van der Waals surface area contributed by atoms with Crippen molar-refractivity contribution in [3.63, 3.8) is 0 Å². The first-order chi connectivity index (χ1) is 11.6. The van der Waals surface area contributed by atoms with Crippen LogP contribution in [-0.2, 0) is 9.53 Å². The van der Waals surface area contributed by atoms with Gasteiger partial charge in [-0.1, -0.05) is 12.1 Å². The lowest BCUT2D eigenvalue weighted by Gasteiger charge is -2.27. The van der Waals surface area contributed by atoms with Gasteiger partial charge in [0.15, 0.2) is 0 Å². The van der Waals surface area contributed by atoms with Crippen LogP contribution in [0, 0.1) is 5.82 Å². The molecule has 25 heavy (non-hydrogen) atoms. The molecule has 1 unspecified atom stereocenters. The molecule has 0 aliphatic carbocycles. The summed E-state index contributed by atoms with van der Waals surface area (Å²) in [7, 11) is 0. The number of carbonyl (C=O) groups excluding carboxylic acids is 1. The van der Waals surface area contributed by atoms with Crippen molar-refractivity contribution in [3.8, 4) is 0 Å².